The first kappa shape index (κ1) is 28.9. The molecule has 2 N–H and O–H groups in total. The van der Waals surface area contributed by atoms with Gasteiger partial charge in [-0.25, -0.2) is 4.39 Å². The average Bonchev–Trinajstić information content (AvgIpc) is 2.94. The van der Waals surface area contributed by atoms with E-state index in [9.17, 15) is 14.0 Å². The zero-order valence-electron chi connectivity index (χ0n) is 23.6. The lowest BCUT2D eigenvalue weighted by molar-refractivity contribution is 0.0602. The van der Waals surface area contributed by atoms with Gasteiger partial charge in [-0.15, -0.1) is 0 Å². The molecular formula is C33H37FN4O2. The number of nitrogens with two attached hydrogens (primary N) is 1. The van der Waals surface area contributed by atoms with Crippen LogP contribution in [0.1, 0.15) is 59.3 Å². The van der Waals surface area contributed by atoms with Crippen molar-refractivity contribution in [3.05, 3.63) is 123 Å². The second kappa shape index (κ2) is 12.8. The van der Waals surface area contributed by atoms with E-state index >= 15 is 0 Å². The molecule has 1 amide bonds. The molecule has 1 atom stereocenters. The highest BCUT2D eigenvalue weighted by molar-refractivity contribution is 5.94. The number of nitrogens with zero attached hydrogens (tertiary/aromatic N) is 3. The Morgan fingerprint density at radius 3 is 2.23 bits per heavy atom. The van der Waals surface area contributed by atoms with Gasteiger partial charge in [0.1, 0.15) is 11.6 Å². The topological polar surface area (TPSA) is 81.2 Å². The summed E-state index contributed by atoms with van der Waals surface area (Å²) in [7, 11) is 0. The Hall–Kier alpha value is -4.10. The third kappa shape index (κ3) is 6.37. The van der Waals surface area contributed by atoms with Crippen LogP contribution in [0, 0.1) is 25.6 Å². The first-order valence-electron chi connectivity index (χ1n) is 13.7. The standard InChI is InChI=1S/C33H37FN4O2/c1-22(2)30(37(20-8-19-35)33(40)27-13-11-23(3)12-14-27)31-36-32(39)29(26-15-17-28(34)18-16-26)24(4)38(31)21-25-9-6-5-7-10-25/h5-7,9-18,22,30H,8,19-21,35H2,1-4H3. The number of carbonyl (C=O) groups is 1. The number of benzene rings is 3. The van der Waals surface area contributed by atoms with E-state index in [1.807, 2.05) is 91.8 Å². The number of halogens is 1. The van der Waals surface area contributed by atoms with Gasteiger partial charge in [0.2, 0.25) is 0 Å². The van der Waals surface area contributed by atoms with Crippen molar-refractivity contribution >= 4 is 5.91 Å². The molecule has 0 aliphatic carbocycles. The highest BCUT2D eigenvalue weighted by Crippen LogP contribution is 2.32. The second-order valence-corrected chi connectivity index (χ2v) is 10.5. The number of hydrogen-bond donors (Lipinski definition) is 1. The van der Waals surface area contributed by atoms with Crippen molar-refractivity contribution in [3.8, 4) is 11.1 Å². The van der Waals surface area contributed by atoms with Crippen LogP contribution in [0.15, 0.2) is 83.7 Å². The van der Waals surface area contributed by atoms with Crippen molar-refractivity contribution in [3.63, 3.8) is 0 Å². The van der Waals surface area contributed by atoms with Crippen molar-refractivity contribution in [1.82, 2.24) is 14.5 Å². The summed E-state index contributed by atoms with van der Waals surface area (Å²) in [5.74, 6) is -0.0459. The molecule has 6 nitrogen and oxygen atoms in total. The zero-order valence-corrected chi connectivity index (χ0v) is 23.6. The van der Waals surface area contributed by atoms with Crippen molar-refractivity contribution in [2.24, 2.45) is 11.7 Å². The summed E-state index contributed by atoms with van der Waals surface area (Å²) in [5.41, 5.74) is 9.88. The van der Waals surface area contributed by atoms with Crippen LogP contribution in [-0.2, 0) is 6.54 Å². The van der Waals surface area contributed by atoms with E-state index in [1.54, 1.807) is 12.1 Å². The Balaban J connectivity index is 1.93. The van der Waals surface area contributed by atoms with Gasteiger partial charge in [-0.1, -0.05) is 74.0 Å². The van der Waals surface area contributed by atoms with Crippen molar-refractivity contribution in [2.45, 2.75) is 46.7 Å². The monoisotopic (exact) mass is 540 g/mol. The summed E-state index contributed by atoms with van der Waals surface area (Å²) < 4.78 is 15.7. The van der Waals surface area contributed by atoms with Gasteiger partial charge < -0.3 is 15.2 Å². The molecule has 0 aliphatic rings. The molecule has 0 spiro atoms. The van der Waals surface area contributed by atoms with Crippen molar-refractivity contribution in [1.29, 1.82) is 0 Å². The molecule has 0 aliphatic heterocycles. The van der Waals surface area contributed by atoms with Crippen LogP contribution >= 0.6 is 0 Å². The number of carbonyl (C=O) groups excluding carboxylic acids is 1. The Morgan fingerprint density at radius 1 is 0.975 bits per heavy atom. The van der Waals surface area contributed by atoms with Gasteiger partial charge in [0.15, 0.2) is 0 Å². The number of aromatic nitrogens is 2. The lowest BCUT2D eigenvalue weighted by Crippen LogP contribution is -2.42. The molecule has 1 unspecified atom stereocenters. The van der Waals surface area contributed by atoms with Gasteiger partial charge in [0.25, 0.3) is 11.5 Å². The van der Waals surface area contributed by atoms with Crippen LogP contribution in [0.3, 0.4) is 0 Å². The molecule has 7 heteroatoms. The van der Waals surface area contributed by atoms with Crippen LogP contribution in [0.5, 0.6) is 0 Å². The maximum absolute atomic E-state index is 14.0. The summed E-state index contributed by atoms with van der Waals surface area (Å²) in [6, 6.07) is 22.8. The molecule has 3 aromatic carbocycles. The third-order valence-corrected chi connectivity index (χ3v) is 7.18. The zero-order chi connectivity index (χ0) is 28.8. The molecule has 0 saturated carbocycles. The van der Waals surface area contributed by atoms with Crippen LogP contribution < -0.4 is 11.3 Å². The molecule has 4 aromatic rings. The number of hydrogen-bond acceptors (Lipinski definition) is 4. The number of rotatable bonds is 10. The number of aryl methyl sites for hydroxylation is 1. The Kier molecular flexibility index (Phi) is 9.27. The summed E-state index contributed by atoms with van der Waals surface area (Å²) in [4.78, 5) is 34.1. The molecule has 208 valence electrons. The smallest absolute Gasteiger partial charge is 0.281 e. The van der Waals surface area contributed by atoms with E-state index in [2.05, 4.69) is 4.98 Å². The lowest BCUT2D eigenvalue weighted by Gasteiger charge is -2.36. The van der Waals surface area contributed by atoms with Gasteiger partial charge in [0, 0.05) is 24.3 Å². The summed E-state index contributed by atoms with van der Waals surface area (Å²) >= 11 is 0. The van der Waals surface area contributed by atoms with Gasteiger partial charge >= 0.3 is 0 Å². The molecule has 1 heterocycles. The predicted octanol–water partition coefficient (Wildman–Crippen LogP) is 5.90. The Labute approximate surface area is 235 Å². The van der Waals surface area contributed by atoms with Crippen LogP contribution in [0.4, 0.5) is 4.39 Å². The van der Waals surface area contributed by atoms with Gasteiger partial charge in [-0.05, 0) is 68.1 Å². The highest BCUT2D eigenvalue weighted by atomic mass is 19.1. The first-order chi connectivity index (χ1) is 19.2. The number of amides is 1. The fourth-order valence-corrected chi connectivity index (χ4v) is 5.11. The van der Waals surface area contributed by atoms with E-state index < -0.39 is 11.6 Å². The van der Waals surface area contributed by atoms with Gasteiger partial charge in [-0.3, -0.25) is 9.59 Å². The van der Waals surface area contributed by atoms with Crippen LogP contribution in [0.25, 0.3) is 11.1 Å². The second-order valence-electron chi connectivity index (χ2n) is 10.5. The Bertz CT molecular complexity index is 1500. The minimum atomic E-state index is -0.488. The van der Waals surface area contributed by atoms with E-state index in [4.69, 9.17) is 5.73 Å². The van der Waals surface area contributed by atoms with E-state index in [0.717, 1.165) is 11.1 Å². The molecular weight excluding hydrogens is 503 g/mol. The maximum Gasteiger partial charge on any atom is 0.281 e. The predicted molar refractivity (Wildman–Crippen MR) is 158 cm³/mol. The summed E-state index contributed by atoms with van der Waals surface area (Å²) in [5, 5.41) is 0. The van der Waals surface area contributed by atoms with Gasteiger partial charge in [-0.2, -0.15) is 4.98 Å². The molecule has 0 bridgehead atoms. The van der Waals surface area contributed by atoms with Crippen LogP contribution in [-0.4, -0.2) is 33.4 Å². The van der Waals surface area contributed by atoms with Crippen molar-refractivity contribution in [2.75, 3.05) is 13.1 Å². The highest BCUT2D eigenvalue weighted by Gasteiger charge is 2.33. The molecule has 0 saturated heterocycles. The lowest BCUT2D eigenvalue weighted by atomic mass is 9.97. The van der Waals surface area contributed by atoms with E-state index in [-0.39, 0.29) is 17.6 Å². The maximum atomic E-state index is 14.0. The quantitative estimate of drug-likeness (QED) is 0.271. The van der Waals surface area contributed by atoms with E-state index in [0.29, 0.717) is 54.3 Å². The molecule has 0 fully saturated rings. The molecule has 40 heavy (non-hydrogen) atoms. The van der Waals surface area contributed by atoms with Gasteiger partial charge in [0.05, 0.1) is 11.6 Å². The minimum Gasteiger partial charge on any atom is -0.330 e. The largest absolute Gasteiger partial charge is 0.330 e. The summed E-state index contributed by atoms with van der Waals surface area (Å²) in [6.45, 7) is 9.24. The van der Waals surface area contributed by atoms with E-state index in [1.165, 1.54) is 12.1 Å². The fourth-order valence-electron chi connectivity index (χ4n) is 5.11. The average molecular weight is 541 g/mol. The molecule has 0 radical (unpaired) electrons. The summed E-state index contributed by atoms with van der Waals surface area (Å²) in [6.07, 6.45) is 0.608. The minimum absolute atomic E-state index is 0.0582. The fraction of sp³-hybridized carbons (Fsp3) is 0.303. The first-order valence-corrected chi connectivity index (χ1v) is 13.7. The van der Waals surface area contributed by atoms with Crippen LogP contribution in [0.2, 0.25) is 0 Å². The normalized spacial score (nSPS) is 12.0. The molecule has 1 aromatic heterocycles. The Morgan fingerprint density at radius 2 is 1.62 bits per heavy atom. The van der Waals surface area contributed by atoms with Crippen molar-refractivity contribution < 1.29 is 9.18 Å². The third-order valence-electron chi connectivity index (χ3n) is 7.18. The molecule has 4 rings (SSSR count). The SMILES string of the molecule is Cc1ccc(C(=O)N(CCCN)C(c2nc(=O)c(-c3ccc(F)cc3)c(C)n2Cc2ccccc2)C(C)C)cc1.